The average Bonchev–Trinajstić information content (AvgIpc) is 2.28. The van der Waals surface area contributed by atoms with Gasteiger partial charge in [-0.2, -0.15) is 0 Å². The number of benzene rings is 1. The SMILES string of the molecule is CCc1ccc(OC(=O)NC)cc1N(C)C. The highest BCUT2D eigenvalue weighted by molar-refractivity contribution is 5.71. The van der Waals surface area contributed by atoms with Crippen molar-refractivity contribution in [3.8, 4) is 5.75 Å². The molecule has 1 amide bonds. The van der Waals surface area contributed by atoms with Crippen molar-refractivity contribution in [3.63, 3.8) is 0 Å². The van der Waals surface area contributed by atoms with Crippen LogP contribution in [0.2, 0.25) is 0 Å². The van der Waals surface area contributed by atoms with E-state index in [0.29, 0.717) is 5.75 Å². The van der Waals surface area contributed by atoms with Gasteiger partial charge in [-0.15, -0.1) is 0 Å². The Morgan fingerprint density at radius 2 is 2.12 bits per heavy atom. The maximum absolute atomic E-state index is 11.1. The summed E-state index contributed by atoms with van der Waals surface area (Å²) in [5, 5.41) is 2.42. The fraction of sp³-hybridized carbons (Fsp3) is 0.417. The normalized spacial score (nSPS) is 9.75. The van der Waals surface area contributed by atoms with Crippen LogP contribution >= 0.6 is 0 Å². The van der Waals surface area contributed by atoms with Gasteiger partial charge < -0.3 is 15.0 Å². The van der Waals surface area contributed by atoms with Crippen LogP contribution in [0.3, 0.4) is 0 Å². The Hall–Kier alpha value is -1.71. The second-order valence-corrected chi connectivity index (χ2v) is 3.68. The van der Waals surface area contributed by atoms with Crippen LogP contribution in [0.1, 0.15) is 12.5 Å². The van der Waals surface area contributed by atoms with Crippen LogP contribution in [-0.2, 0) is 6.42 Å². The maximum atomic E-state index is 11.1. The van der Waals surface area contributed by atoms with E-state index in [0.717, 1.165) is 12.1 Å². The summed E-state index contributed by atoms with van der Waals surface area (Å²) < 4.78 is 5.08. The second-order valence-electron chi connectivity index (χ2n) is 3.68. The molecule has 0 saturated heterocycles. The van der Waals surface area contributed by atoms with E-state index < -0.39 is 6.09 Å². The third-order valence-corrected chi connectivity index (χ3v) is 2.33. The molecule has 16 heavy (non-hydrogen) atoms. The summed E-state index contributed by atoms with van der Waals surface area (Å²) in [6, 6.07) is 5.66. The van der Waals surface area contributed by atoms with Crippen LogP contribution in [0.25, 0.3) is 0 Å². The van der Waals surface area contributed by atoms with Crippen molar-refractivity contribution < 1.29 is 9.53 Å². The summed E-state index contributed by atoms with van der Waals surface area (Å²) in [6.07, 6.45) is 0.502. The van der Waals surface area contributed by atoms with Crippen LogP contribution in [0, 0.1) is 0 Å². The highest BCUT2D eigenvalue weighted by Gasteiger charge is 2.07. The van der Waals surface area contributed by atoms with Crippen molar-refractivity contribution in [2.45, 2.75) is 13.3 Å². The Labute approximate surface area is 96.2 Å². The van der Waals surface area contributed by atoms with Gasteiger partial charge in [0, 0.05) is 32.9 Å². The minimum Gasteiger partial charge on any atom is -0.410 e. The van der Waals surface area contributed by atoms with Crippen molar-refractivity contribution in [2.75, 3.05) is 26.0 Å². The van der Waals surface area contributed by atoms with E-state index in [2.05, 4.69) is 12.2 Å². The predicted octanol–water partition coefficient (Wildman–Crippen LogP) is 2.03. The average molecular weight is 222 g/mol. The first-order valence-electron chi connectivity index (χ1n) is 5.28. The number of amides is 1. The third-order valence-electron chi connectivity index (χ3n) is 2.33. The molecule has 1 aromatic rings. The van der Waals surface area contributed by atoms with Crippen LogP contribution in [0.4, 0.5) is 10.5 Å². The summed E-state index contributed by atoms with van der Waals surface area (Å²) >= 11 is 0. The molecular formula is C12H18N2O2. The van der Waals surface area contributed by atoms with Crippen molar-refractivity contribution in [2.24, 2.45) is 0 Å². The van der Waals surface area contributed by atoms with Gasteiger partial charge in [0.2, 0.25) is 0 Å². The first kappa shape index (κ1) is 12.4. The molecule has 0 aromatic heterocycles. The minimum atomic E-state index is -0.450. The molecule has 0 spiro atoms. The third kappa shape index (κ3) is 2.89. The number of nitrogens with one attached hydrogen (secondary N) is 1. The zero-order valence-corrected chi connectivity index (χ0v) is 10.2. The summed E-state index contributed by atoms with van der Waals surface area (Å²) in [5.41, 5.74) is 2.30. The zero-order chi connectivity index (χ0) is 12.1. The van der Waals surface area contributed by atoms with Crippen molar-refractivity contribution in [1.82, 2.24) is 5.32 Å². The van der Waals surface area contributed by atoms with Crippen LogP contribution in [-0.4, -0.2) is 27.2 Å². The van der Waals surface area contributed by atoms with Gasteiger partial charge >= 0.3 is 6.09 Å². The minimum absolute atomic E-state index is 0.450. The molecule has 0 fully saturated rings. The van der Waals surface area contributed by atoms with E-state index in [1.165, 1.54) is 12.6 Å². The Morgan fingerprint density at radius 3 is 2.62 bits per heavy atom. The summed E-state index contributed by atoms with van der Waals surface area (Å²) in [6.45, 7) is 2.10. The largest absolute Gasteiger partial charge is 0.412 e. The van der Waals surface area contributed by atoms with Gasteiger partial charge in [-0.3, -0.25) is 0 Å². The number of aryl methyl sites for hydroxylation is 1. The molecule has 1 N–H and O–H groups in total. The van der Waals surface area contributed by atoms with Gasteiger partial charge in [-0.05, 0) is 18.1 Å². The fourth-order valence-corrected chi connectivity index (χ4v) is 1.48. The monoisotopic (exact) mass is 222 g/mol. The quantitative estimate of drug-likeness (QED) is 0.850. The lowest BCUT2D eigenvalue weighted by Gasteiger charge is -2.17. The first-order valence-corrected chi connectivity index (χ1v) is 5.28. The Kier molecular flexibility index (Phi) is 4.17. The number of ether oxygens (including phenoxy) is 1. The van der Waals surface area contributed by atoms with E-state index in [1.54, 1.807) is 6.07 Å². The van der Waals surface area contributed by atoms with Crippen LogP contribution in [0.5, 0.6) is 5.75 Å². The van der Waals surface area contributed by atoms with Gasteiger partial charge in [-0.25, -0.2) is 4.79 Å². The lowest BCUT2D eigenvalue weighted by molar-refractivity contribution is 0.203. The number of anilines is 1. The molecule has 4 heteroatoms. The standard InChI is InChI=1S/C12H18N2O2/c1-5-9-6-7-10(16-12(15)13-2)8-11(9)14(3)4/h6-8H,5H2,1-4H3,(H,13,15). The molecule has 0 unspecified atom stereocenters. The Balaban J connectivity index is 2.97. The number of rotatable bonds is 3. The van der Waals surface area contributed by atoms with E-state index in [-0.39, 0.29) is 0 Å². The van der Waals surface area contributed by atoms with Gasteiger partial charge in [0.15, 0.2) is 0 Å². The van der Waals surface area contributed by atoms with E-state index in [9.17, 15) is 4.79 Å². The lowest BCUT2D eigenvalue weighted by Crippen LogP contribution is -2.22. The van der Waals surface area contributed by atoms with Crippen molar-refractivity contribution in [1.29, 1.82) is 0 Å². The summed E-state index contributed by atoms with van der Waals surface area (Å²) in [7, 11) is 5.48. The molecule has 0 aliphatic rings. The molecule has 0 aliphatic heterocycles. The fourth-order valence-electron chi connectivity index (χ4n) is 1.48. The molecule has 0 saturated carbocycles. The van der Waals surface area contributed by atoms with Crippen LogP contribution in [0.15, 0.2) is 18.2 Å². The van der Waals surface area contributed by atoms with Gasteiger partial charge in [0.05, 0.1) is 0 Å². The summed E-state index contributed by atoms with van der Waals surface area (Å²) in [5.74, 6) is 0.556. The number of hydrogen-bond acceptors (Lipinski definition) is 3. The Bertz CT molecular complexity index is 375. The molecule has 4 nitrogen and oxygen atoms in total. The van der Waals surface area contributed by atoms with Crippen LogP contribution < -0.4 is 15.0 Å². The smallest absolute Gasteiger partial charge is 0.410 e. The van der Waals surface area contributed by atoms with Gasteiger partial charge in [0.1, 0.15) is 5.75 Å². The van der Waals surface area contributed by atoms with E-state index in [4.69, 9.17) is 4.74 Å². The molecule has 1 rings (SSSR count). The second kappa shape index (κ2) is 5.39. The highest BCUT2D eigenvalue weighted by atomic mass is 16.5. The maximum Gasteiger partial charge on any atom is 0.412 e. The predicted molar refractivity (Wildman–Crippen MR) is 65.2 cm³/mol. The molecule has 0 heterocycles. The zero-order valence-electron chi connectivity index (χ0n) is 10.2. The number of carbonyl (C=O) groups excluding carboxylic acids is 1. The molecule has 1 aromatic carbocycles. The number of carbonyl (C=O) groups is 1. The van der Waals surface area contributed by atoms with Gasteiger partial charge in [0.25, 0.3) is 0 Å². The van der Waals surface area contributed by atoms with Gasteiger partial charge in [-0.1, -0.05) is 13.0 Å². The molecule has 0 aliphatic carbocycles. The van der Waals surface area contributed by atoms with E-state index >= 15 is 0 Å². The molecule has 0 radical (unpaired) electrons. The Morgan fingerprint density at radius 1 is 1.44 bits per heavy atom. The molecule has 0 atom stereocenters. The highest BCUT2D eigenvalue weighted by Crippen LogP contribution is 2.25. The number of nitrogens with zero attached hydrogens (tertiary/aromatic N) is 1. The first-order chi connectivity index (χ1) is 7.58. The van der Waals surface area contributed by atoms with Crippen molar-refractivity contribution >= 4 is 11.8 Å². The van der Waals surface area contributed by atoms with E-state index in [1.807, 2.05) is 31.1 Å². The molecular weight excluding hydrogens is 204 g/mol. The molecule has 0 bridgehead atoms. The number of hydrogen-bond donors (Lipinski definition) is 1. The molecule has 88 valence electrons. The summed E-state index contributed by atoms with van der Waals surface area (Å²) in [4.78, 5) is 13.1. The topological polar surface area (TPSA) is 41.6 Å². The lowest BCUT2D eigenvalue weighted by atomic mass is 10.1. The van der Waals surface area contributed by atoms with Crippen molar-refractivity contribution in [3.05, 3.63) is 23.8 Å².